The van der Waals surface area contributed by atoms with Crippen molar-refractivity contribution in [1.29, 1.82) is 0 Å². The molecular weight excluding hydrogens is 252 g/mol. The Hall–Kier alpha value is -1.95. The molecule has 1 saturated heterocycles. The van der Waals surface area contributed by atoms with Crippen molar-refractivity contribution in [2.75, 3.05) is 6.61 Å². The number of aldehydes is 1. The van der Waals surface area contributed by atoms with Crippen LogP contribution in [0.15, 0.2) is 24.0 Å². The number of carboxylic acids is 1. The summed E-state index contributed by atoms with van der Waals surface area (Å²) in [5.41, 5.74) is 0.176. The highest BCUT2D eigenvalue weighted by molar-refractivity contribution is 5.84. The number of carboxylic acid groups (broad SMARTS) is 1. The number of esters is 1. The zero-order valence-electron chi connectivity index (χ0n) is 11.0. The number of epoxide rings is 1. The second kappa shape index (κ2) is 9.04. The quantitative estimate of drug-likeness (QED) is 0.361. The number of carbonyl (C=O) groups excluding carboxylic acids is 2. The van der Waals surface area contributed by atoms with E-state index in [9.17, 15) is 14.4 Å². The minimum Gasteiger partial charge on any atom is -0.478 e. The molecule has 0 radical (unpaired) electrons. The van der Waals surface area contributed by atoms with E-state index < -0.39 is 5.97 Å². The van der Waals surface area contributed by atoms with Crippen molar-refractivity contribution < 1.29 is 29.0 Å². The first kappa shape index (κ1) is 17.1. The molecule has 0 aromatic carbocycles. The van der Waals surface area contributed by atoms with Gasteiger partial charge in [-0.2, -0.15) is 0 Å². The largest absolute Gasteiger partial charge is 0.478 e. The summed E-state index contributed by atoms with van der Waals surface area (Å²) in [5, 5.41) is 7.89. The summed E-state index contributed by atoms with van der Waals surface area (Å²) in [6, 6.07) is 0. The lowest BCUT2D eigenvalue weighted by molar-refractivity contribution is -0.137. The minimum atomic E-state index is -0.935. The summed E-state index contributed by atoms with van der Waals surface area (Å²) in [6.45, 7) is 6.66. The Morgan fingerprint density at radius 3 is 2.05 bits per heavy atom. The van der Waals surface area contributed by atoms with Gasteiger partial charge < -0.3 is 19.4 Å². The lowest BCUT2D eigenvalue weighted by Gasteiger charge is -2.11. The fourth-order valence-corrected chi connectivity index (χ4v) is 0.674. The van der Waals surface area contributed by atoms with E-state index in [1.165, 1.54) is 13.8 Å². The first-order chi connectivity index (χ1) is 8.86. The number of aliphatic carboxylic acids is 1. The van der Waals surface area contributed by atoms with Crippen molar-refractivity contribution in [1.82, 2.24) is 0 Å². The Morgan fingerprint density at radius 1 is 1.53 bits per heavy atom. The molecule has 1 heterocycles. The molecular formula is C13H18O6. The molecule has 1 fully saturated rings. The first-order valence-corrected chi connectivity index (χ1v) is 5.70. The lowest BCUT2D eigenvalue weighted by atomic mass is 10.1. The maximum atomic E-state index is 10.2. The average Bonchev–Trinajstić information content (AvgIpc) is 3.08. The van der Waals surface area contributed by atoms with Crippen LogP contribution in [-0.2, 0) is 23.9 Å². The highest BCUT2D eigenvalue weighted by Crippen LogP contribution is 2.18. The van der Waals surface area contributed by atoms with Crippen LogP contribution in [-0.4, -0.2) is 36.0 Å². The van der Waals surface area contributed by atoms with Gasteiger partial charge in [-0.25, -0.2) is 4.79 Å². The summed E-state index contributed by atoms with van der Waals surface area (Å²) in [5.74, 6) is -0.316. The molecule has 1 N–H and O–H groups in total. The molecule has 0 amide bonds. The number of rotatable bonds is 3. The maximum Gasteiger partial charge on any atom is 0.330 e. The second-order valence-corrected chi connectivity index (χ2v) is 3.90. The molecule has 2 rings (SSSR count). The van der Waals surface area contributed by atoms with Gasteiger partial charge in [-0.15, -0.1) is 0 Å². The van der Waals surface area contributed by atoms with Gasteiger partial charge in [0.2, 0.25) is 0 Å². The second-order valence-electron chi connectivity index (χ2n) is 3.90. The Kier molecular flexibility index (Phi) is 8.12. The van der Waals surface area contributed by atoms with Crippen LogP contribution >= 0.6 is 0 Å². The molecule has 0 spiro atoms. The molecule has 2 aliphatic rings. The summed E-state index contributed by atoms with van der Waals surface area (Å²) in [4.78, 5) is 29.2. The third kappa shape index (κ3) is 10.9. The van der Waals surface area contributed by atoms with Crippen molar-refractivity contribution in [2.24, 2.45) is 0 Å². The van der Waals surface area contributed by atoms with E-state index in [-0.39, 0.29) is 17.6 Å². The van der Waals surface area contributed by atoms with Gasteiger partial charge in [0.05, 0.1) is 6.61 Å². The Bertz CT molecular complexity index is 367. The van der Waals surface area contributed by atoms with Gasteiger partial charge in [0.15, 0.2) is 6.29 Å². The first-order valence-electron chi connectivity index (χ1n) is 5.70. The minimum absolute atomic E-state index is 0.0463. The molecule has 0 aromatic heterocycles. The summed E-state index contributed by atoms with van der Waals surface area (Å²) in [6.07, 6.45) is 4.67. The molecule has 1 aliphatic carbocycles. The topological polar surface area (TPSA) is 93.2 Å². The monoisotopic (exact) mass is 270 g/mol. The van der Waals surface area contributed by atoms with Crippen LogP contribution in [0.25, 0.3) is 0 Å². The Morgan fingerprint density at radius 2 is 2.00 bits per heavy atom. The molecule has 1 atom stereocenters. The summed E-state index contributed by atoms with van der Waals surface area (Å²) in [7, 11) is 0. The normalized spacial score (nSPS) is 18.0. The van der Waals surface area contributed by atoms with Crippen LogP contribution in [0.5, 0.6) is 0 Å². The Balaban J connectivity index is 0.000000264. The molecule has 1 aliphatic heterocycles. The molecule has 19 heavy (non-hydrogen) atoms. The van der Waals surface area contributed by atoms with Crippen LogP contribution in [0.4, 0.5) is 0 Å². The SMILES string of the molecule is C=C(C)C(=O)O.CC(=O)OC1=CCC1.O=CC1CO1. The molecule has 0 aromatic rings. The van der Waals surface area contributed by atoms with Crippen molar-refractivity contribution in [3.8, 4) is 0 Å². The van der Waals surface area contributed by atoms with Gasteiger partial charge in [0, 0.05) is 18.9 Å². The van der Waals surface area contributed by atoms with Gasteiger partial charge in [-0.05, 0) is 19.4 Å². The van der Waals surface area contributed by atoms with Gasteiger partial charge in [-0.1, -0.05) is 6.58 Å². The van der Waals surface area contributed by atoms with Gasteiger partial charge in [-0.3, -0.25) is 4.79 Å². The number of ether oxygens (including phenoxy) is 2. The number of allylic oxidation sites excluding steroid dienone is 2. The molecule has 6 heteroatoms. The van der Waals surface area contributed by atoms with E-state index in [0.29, 0.717) is 6.61 Å². The summed E-state index contributed by atoms with van der Waals surface area (Å²) < 4.78 is 9.20. The smallest absolute Gasteiger partial charge is 0.330 e. The van der Waals surface area contributed by atoms with E-state index >= 15 is 0 Å². The van der Waals surface area contributed by atoms with E-state index in [1.54, 1.807) is 0 Å². The maximum absolute atomic E-state index is 10.2. The predicted octanol–water partition coefficient (Wildman–Crippen LogP) is 1.46. The third-order valence-electron chi connectivity index (χ3n) is 1.91. The van der Waals surface area contributed by atoms with Gasteiger partial charge in [0.1, 0.15) is 11.9 Å². The lowest BCUT2D eigenvalue weighted by Crippen LogP contribution is -2.03. The number of hydrogen-bond donors (Lipinski definition) is 1. The standard InChI is InChI=1S/C6H8O2.C4H6O2.C3H4O2/c1-5(7)8-6-3-2-4-6;1-3(2)4(5)6;4-1-3-2-5-3/h3H,2,4H2,1H3;1H2,2H3,(H,5,6);1,3H,2H2. The highest BCUT2D eigenvalue weighted by Gasteiger charge is 2.19. The fourth-order valence-electron chi connectivity index (χ4n) is 0.674. The summed E-state index contributed by atoms with van der Waals surface area (Å²) >= 11 is 0. The molecule has 0 bridgehead atoms. The van der Waals surface area contributed by atoms with Crippen LogP contribution in [0.2, 0.25) is 0 Å². The molecule has 106 valence electrons. The average molecular weight is 270 g/mol. The zero-order chi connectivity index (χ0) is 14.8. The highest BCUT2D eigenvalue weighted by atomic mass is 16.6. The zero-order valence-corrected chi connectivity index (χ0v) is 11.0. The van der Waals surface area contributed by atoms with Crippen LogP contribution < -0.4 is 0 Å². The van der Waals surface area contributed by atoms with Crippen molar-refractivity contribution in [3.63, 3.8) is 0 Å². The van der Waals surface area contributed by atoms with Crippen molar-refractivity contribution in [3.05, 3.63) is 24.0 Å². The molecule has 0 saturated carbocycles. The predicted molar refractivity (Wildman–Crippen MR) is 67.3 cm³/mol. The molecule has 1 unspecified atom stereocenters. The van der Waals surface area contributed by atoms with Gasteiger partial charge in [0.25, 0.3) is 0 Å². The van der Waals surface area contributed by atoms with Crippen molar-refractivity contribution in [2.45, 2.75) is 32.8 Å². The number of hydrogen-bond acceptors (Lipinski definition) is 5. The van der Waals surface area contributed by atoms with E-state index in [4.69, 9.17) is 9.84 Å². The molecule has 6 nitrogen and oxygen atoms in total. The fraction of sp³-hybridized carbons (Fsp3) is 0.462. The number of carbonyl (C=O) groups is 3. The van der Waals surface area contributed by atoms with E-state index in [2.05, 4.69) is 11.3 Å². The van der Waals surface area contributed by atoms with Crippen LogP contribution in [0.3, 0.4) is 0 Å². The van der Waals surface area contributed by atoms with Crippen LogP contribution in [0, 0.1) is 0 Å². The van der Waals surface area contributed by atoms with Gasteiger partial charge >= 0.3 is 11.9 Å². The Labute approximate surface area is 111 Å². The van der Waals surface area contributed by atoms with E-state index in [0.717, 1.165) is 24.9 Å². The van der Waals surface area contributed by atoms with Crippen molar-refractivity contribution >= 4 is 18.2 Å². The van der Waals surface area contributed by atoms with E-state index in [1.807, 2.05) is 6.08 Å². The van der Waals surface area contributed by atoms with Crippen LogP contribution in [0.1, 0.15) is 26.7 Å². The third-order valence-corrected chi connectivity index (χ3v) is 1.91.